The Bertz CT molecular complexity index is 885. The number of nitrogens with zero attached hydrogens (tertiary/aromatic N) is 1. The van der Waals surface area contributed by atoms with Gasteiger partial charge in [0.15, 0.2) is 0 Å². The van der Waals surface area contributed by atoms with Crippen LogP contribution in [0, 0.1) is 13.8 Å². The summed E-state index contributed by atoms with van der Waals surface area (Å²) < 4.78 is 5.46. The molecule has 1 aliphatic heterocycles. The van der Waals surface area contributed by atoms with Crippen LogP contribution in [0.25, 0.3) is 0 Å². The molecule has 2 amide bonds. The first kappa shape index (κ1) is 19.0. The molecular weight excluding hydrogens is 366 g/mol. The molecule has 2 aromatic rings. The highest BCUT2D eigenvalue weighted by Crippen LogP contribution is 2.28. The van der Waals surface area contributed by atoms with Gasteiger partial charge in [-0.3, -0.25) is 9.69 Å². The van der Waals surface area contributed by atoms with Crippen molar-refractivity contribution < 1.29 is 14.3 Å². The number of aryl methyl sites for hydroxylation is 1. The number of anilines is 3. The highest BCUT2D eigenvalue weighted by molar-refractivity contribution is 6.30. The van der Waals surface area contributed by atoms with Gasteiger partial charge in [0.2, 0.25) is 5.91 Å². The molecule has 142 valence electrons. The number of nitrogens with one attached hydrogen (secondary N) is 2. The minimum absolute atomic E-state index is 0.111. The fourth-order valence-electron chi connectivity index (χ4n) is 3.11. The summed E-state index contributed by atoms with van der Waals surface area (Å²) in [6, 6.07) is 11.0. The van der Waals surface area contributed by atoms with Crippen LogP contribution in [0.5, 0.6) is 0 Å². The summed E-state index contributed by atoms with van der Waals surface area (Å²) in [6.45, 7) is 6.28. The van der Waals surface area contributed by atoms with Gasteiger partial charge in [-0.15, -0.1) is 0 Å². The Labute approximate surface area is 163 Å². The maximum atomic E-state index is 12.2. The smallest absolute Gasteiger partial charge is 0.414 e. The SMILES string of the molecule is CC(=O)Nc1c(C)ccc(NCC2CN(c3cccc(Cl)c3)C(=O)O2)c1C. The van der Waals surface area contributed by atoms with Crippen molar-refractivity contribution in [2.75, 3.05) is 28.6 Å². The third-order valence-electron chi connectivity index (χ3n) is 4.49. The number of rotatable bonds is 5. The number of amides is 2. The van der Waals surface area contributed by atoms with Crippen LogP contribution < -0.4 is 15.5 Å². The molecule has 1 atom stereocenters. The van der Waals surface area contributed by atoms with E-state index >= 15 is 0 Å². The highest BCUT2D eigenvalue weighted by Gasteiger charge is 2.32. The maximum Gasteiger partial charge on any atom is 0.414 e. The van der Waals surface area contributed by atoms with Gasteiger partial charge in [-0.25, -0.2) is 4.79 Å². The van der Waals surface area contributed by atoms with Gasteiger partial charge in [-0.2, -0.15) is 0 Å². The van der Waals surface area contributed by atoms with E-state index in [1.165, 1.54) is 6.92 Å². The molecule has 27 heavy (non-hydrogen) atoms. The Kier molecular flexibility index (Phi) is 5.56. The van der Waals surface area contributed by atoms with Crippen LogP contribution in [-0.4, -0.2) is 31.2 Å². The van der Waals surface area contributed by atoms with E-state index in [9.17, 15) is 9.59 Å². The zero-order valence-electron chi connectivity index (χ0n) is 15.5. The average molecular weight is 388 g/mol. The first-order valence-electron chi connectivity index (χ1n) is 8.70. The van der Waals surface area contributed by atoms with Crippen LogP contribution in [0.4, 0.5) is 21.9 Å². The van der Waals surface area contributed by atoms with E-state index in [0.29, 0.717) is 18.1 Å². The molecule has 1 heterocycles. The van der Waals surface area contributed by atoms with Crippen molar-refractivity contribution in [1.29, 1.82) is 0 Å². The molecule has 1 fully saturated rings. The molecule has 7 heteroatoms. The Hall–Kier alpha value is -2.73. The van der Waals surface area contributed by atoms with E-state index in [4.69, 9.17) is 16.3 Å². The molecule has 0 aliphatic carbocycles. The van der Waals surface area contributed by atoms with Gasteiger partial charge in [-0.1, -0.05) is 23.7 Å². The number of hydrogen-bond acceptors (Lipinski definition) is 4. The molecule has 1 unspecified atom stereocenters. The van der Waals surface area contributed by atoms with E-state index in [1.54, 1.807) is 23.1 Å². The second kappa shape index (κ2) is 7.88. The third kappa shape index (κ3) is 4.34. The first-order chi connectivity index (χ1) is 12.8. The minimum Gasteiger partial charge on any atom is -0.442 e. The predicted octanol–water partition coefficient (Wildman–Crippen LogP) is 4.35. The van der Waals surface area contributed by atoms with Crippen molar-refractivity contribution >= 4 is 40.7 Å². The lowest BCUT2D eigenvalue weighted by atomic mass is 10.1. The van der Waals surface area contributed by atoms with Gasteiger partial charge in [0.25, 0.3) is 0 Å². The van der Waals surface area contributed by atoms with E-state index in [-0.39, 0.29) is 18.1 Å². The molecule has 2 aromatic carbocycles. The standard InChI is InChI=1S/C20H22ClN3O3/c1-12-7-8-18(13(2)19(12)23-14(3)25)22-10-17-11-24(20(26)27-17)16-6-4-5-15(21)9-16/h4-9,17,22H,10-11H2,1-3H3,(H,23,25). The molecule has 1 aliphatic rings. The summed E-state index contributed by atoms with van der Waals surface area (Å²) in [4.78, 5) is 25.2. The van der Waals surface area contributed by atoms with E-state index in [2.05, 4.69) is 10.6 Å². The van der Waals surface area contributed by atoms with Gasteiger partial charge in [0, 0.05) is 29.0 Å². The minimum atomic E-state index is -0.386. The lowest BCUT2D eigenvalue weighted by Crippen LogP contribution is -2.27. The average Bonchev–Trinajstić information content (AvgIpc) is 2.98. The summed E-state index contributed by atoms with van der Waals surface area (Å²) in [6.07, 6.45) is -0.676. The molecule has 1 saturated heterocycles. The Morgan fingerprint density at radius 1 is 1.30 bits per heavy atom. The Balaban J connectivity index is 1.68. The monoisotopic (exact) mass is 387 g/mol. The second-order valence-electron chi connectivity index (χ2n) is 6.59. The molecule has 6 nitrogen and oxygen atoms in total. The van der Waals surface area contributed by atoms with Crippen molar-refractivity contribution in [3.8, 4) is 0 Å². The normalized spacial score (nSPS) is 16.2. The van der Waals surface area contributed by atoms with Crippen molar-refractivity contribution in [2.24, 2.45) is 0 Å². The number of carbonyl (C=O) groups excluding carboxylic acids is 2. The summed E-state index contributed by atoms with van der Waals surface area (Å²) >= 11 is 6.01. The van der Waals surface area contributed by atoms with E-state index in [0.717, 1.165) is 28.2 Å². The summed E-state index contributed by atoms with van der Waals surface area (Å²) in [7, 11) is 0. The lowest BCUT2D eigenvalue weighted by Gasteiger charge is -2.17. The van der Waals surface area contributed by atoms with Crippen LogP contribution in [0.2, 0.25) is 5.02 Å². The zero-order valence-corrected chi connectivity index (χ0v) is 16.3. The number of ether oxygens (including phenoxy) is 1. The van der Waals surface area contributed by atoms with Crippen molar-refractivity contribution in [1.82, 2.24) is 0 Å². The van der Waals surface area contributed by atoms with Crippen molar-refractivity contribution in [3.63, 3.8) is 0 Å². The second-order valence-corrected chi connectivity index (χ2v) is 7.02. The molecule has 0 spiro atoms. The number of halogens is 1. The number of hydrogen-bond donors (Lipinski definition) is 2. The molecule has 0 aromatic heterocycles. The lowest BCUT2D eigenvalue weighted by molar-refractivity contribution is -0.114. The zero-order chi connectivity index (χ0) is 19.6. The number of benzene rings is 2. The quantitative estimate of drug-likeness (QED) is 0.800. The highest BCUT2D eigenvalue weighted by atomic mass is 35.5. The Morgan fingerprint density at radius 3 is 2.78 bits per heavy atom. The first-order valence-corrected chi connectivity index (χ1v) is 9.08. The fraction of sp³-hybridized carbons (Fsp3) is 0.300. The largest absolute Gasteiger partial charge is 0.442 e. The van der Waals surface area contributed by atoms with Crippen molar-refractivity contribution in [2.45, 2.75) is 26.9 Å². The van der Waals surface area contributed by atoms with Gasteiger partial charge < -0.3 is 15.4 Å². The summed E-state index contributed by atoms with van der Waals surface area (Å²) in [5.74, 6) is -0.111. The van der Waals surface area contributed by atoms with Gasteiger partial charge in [-0.05, 0) is 49.2 Å². The van der Waals surface area contributed by atoms with Gasteiger partial charge in [0.05, 0.1) is 13.1 Å². The topological polar surface area (TPSA) is 70.7 Å². The van der Waals surface area contributed by atoms with Crippen LogP contribution in [0.15, 0.2) is 36.4 Å². The number of carbonyl (C=O) groups is 2. The summed E-state index contributed by atoms with van der Waals surface area (Å²) in [5, 5.41) is 6.76. The van der Waals surface area contributed by atoms with Crippen LogP contribution in [0.3, 0.4) is 0 Å². The molecule has 0 radical (unpaired) electrons. The van der Waals surface area contributed by atoms with Crippen LogP contribution >= 0.6 is 11.6 Å². The molecule has 0 saturated carbocycles. The van der Waals surface area contributed by atoms with Crippen LogP contribution in [-0.2, 0) is 9.53 Å². The summed E-state index contributed by atoms with van der Waals surface area (Å²) in [5.41, 5.74) is 4.35. The van der Waals surface area contributed by atoms with Crippen molar-refractivity contribution in [3.05, 3.63) is 52.5 Å². The van der Waals surface area contributed by atoms with E-state index < -0.39 is 0 Å². The fourth-order valence-corrected chi connectivity index (χ4v) is 3.30. The predicted molar refractivity (Wildman–Crippen MR) is 108 cm³/mol. The van der Waals surface area contributed by atoms with E-state index in [1.807, 2.05) is 32.0 Å². The Morgan fingerprint density at radius 2 is 2.07 bits per heavy atom. The molecule has 0 bridgehead atoms. The molecule has 3 rings (SSSR count). The molecular formula is C20H22ClN3O3. The van der Waals surface area contributed by atoms with Crippen LogP contribution in [0.1, 0.15) is 18.1 Å². The third-order valence-corrected chi connectivity index (χ3v) is 4.72. The van der Waals surface area contributed by atoms with Gasteiger partial charge in [0.1, 0.15) is 6.10 Å². The van der Waals surface area contributed by atoms with Gasteiger partial charge >= 0.3 is 6.09 Å². The molecule has 2 N–H and O–H groups in total. The number of cyclic esters (lactones) is 1. The maximum absolute atomic E-state index is 12.2.